The average Bonchev–Trinajstić information content (AvgIpc) is 2.47. The van der Waals surface area contributed by atoms with E-state index in [2.05, 4.69) is 10.6 Å². The van der Waals surface area contributed by atoms with E-state index in [4.69, 9.17) is 0 Å². The molecular weight excluding hydrogens is 279 g/mol. The number of hydrogen-bond acceptors (Lipinski definition) is 5. The summed E-state index contributed by atoms with van der Waals surface area (Å²) in [6.07, 6.45) is 0. The number of nitrogens with zero attached hydrogens (tertiary/aromatic N) is 2. The first-order valence-electron chi connectivity index (χ1n) is 6.73. The van der Waals surface area contributed by atoms with Gasteiger partial charge in [-0.05, 0) is 13.0 Å². The minimum Gasteiger partial charge on any atom is -0.355 e. The Bertz CT molecular complexity index is 552. The summed E-state index contributed by atoms with van der Waals surface area (Å²) < 4.78 is 13.5. The Morgan fingerprint density at radius 2 is 2.38 bits per heavy atom. The summed E-state index contributed by atoms with van der Waals surface area (Å²) in [5.41, 5.74) is -0.0645. The Kier molecular flexibility index (Phi) is 4.69. The quantitative estimate of drug-likeness (QED) is 0.629. The molecule has 0 bridgehead atoms. The third-order valence-corrected chi connectivity index (χ3v) is 3.34. The molecule has 1 fully saturated rings. The van der Waals surface area contributed by atoms with Gasteiger partial charge < -0.3 is 15.5 Å². The van der Waals surface area contributed by atoms with E-state index in [0.717, 1.165) is 18.2 Å². The van der Waals surface area contributed by atoms with Crippen LogP contribution in [0.2, 0.25) is 0 Å². The number of nitro benzene ring substituents is 1. The zero-order valence-electron chi connectivity index (χ0n) is 11.6. The number of likely N-dealkylation sites (N-methyl/N-ethyl adjacent to an activating group) is 1. The first kappa shape index (κ1) is 15.2. The lowest BCUT2D eigenvalue weighted by Gasteiger charge is -2.36. The third kappa shape index (κ3) is 3.27. The number of piperazine rings is 1. The van der Waals surface area contributed by atoms with Crippen molar-refractivity contribution < 1.29 is 14.1 Å². The summed E-state index contributed by atoms with van der Waals surface area (Å²) in [4.78, 5) is 24.2. The van der Waals surface area contributed by atoms with Crippen LogP contribution in [0.4, 0.5) is 15.8 Å². The molecule has 1 aromatic carbocycles. The van der Waals surface area contributed by atoms with Crippen molar-refractivity contribution in [2.45, 2.75) is 13.0 Å². The smallest absolute Gasteiger partial charge is 0.292 e. The van der Waals surface area contributed by atoms with E-state index in [1.54, 1.807) is 11.8 Å². The molecule has 0 saturated carbocycles. The highest BCUT2D eigenvalue weighted by molar-refractivity contribution is 5.86. The molecule has 1 amide bonds. The molecule has 7 nitrogen and oxygen atoms in total. The number of anilines is 1. The molecule has 0 aromatic heterocycles. The standard InChI is InChI=1S/C13H17FN4O3/c1-2-16-13(19)12-8-15-5-6-17(12)11-7-9(14)3-4-10(11)18(20)21/h3-4,7,12,15H,2,5-6,8H2,1H3,(H,16,19). The van der Waals surface area contributed by atoms with Crippen molar-refractivity contribution in [2.24, 2.45) is 0 Å². The Balaban J connectivity index is 2.39. The number of hydrogen-bond donors (Lipinski definition) is 2. The summed E-state index contributed by atoms with van der Waals surface area (Å²) in [5, 5.41) is 16.9. The second kappa shape index (κ2) is 6.49. The van der Waals surface area contributed by atoms with Gasteiger partial charge in [-0.3, -0.25) is 14.9 Å². The fourth-order valence-electron chi connectivity index (χ4n) is 2.40. The highest BCUT2D eigenvalue weighted by atomic mass is 19.1. The summed E-state index contributed by atoms with van der Waals surface area (Å²) in [7, 11) is 0. The van der Waals surface area contributed by atoms with Crippen molar-refractivity contribution in [2.75, 3.05) is 31.1 Å². The van der Waals surface area contributed by atoms with Crippen molar-refractivity contribution in [1.29, 1.82) is 0 Å². The van der Waals surface area contributed by atoms with Gasteiger partial charge in [0.25, 0.3) is 5.69 Å². The zero-order chi connectivity index (χ0) is 15.4. The van der Waals surface area contributed by atoms with Crippen molar-refractivity contribution in [3.8, 4) is 0 Å². The highest BCUT2D eigenvalue weighted by Gasteiger charge is 2.32. The molecule has 1 saturated heterocycles. The van der Waals surface area contributed by atoms with Gasteiger partial charge in [0.1, 0.15) is 17.5 Å². The van der Waals surface area contributed by atoms with Gasteiger partial charge in [0.05, 0.1) is 4.92 Å². The van der Waals surface area contributed by atoms with Gasteiger partial charge in [-0.2, -0.15) is 0 Å². The Hall–Kier alpha value is -2.22. The summed E-state index contributed by atoms with van der Waals surface area (Å²) >= 11 is 0. The first-order chi connectivity index (χ1) is 10.0. The number of carbonyl (C=O) groups is 1. The summed E-state index contributed by atoms with van der Waals surface area (Å²) in [6, 6.07) is 2.68. The third-order valence-electron chi connectivity index (χ3n) is 3.34. The summed E-state index contributed by atoms with van der Waals surface area (Å²) in [5.74, 6) is -0.799. The lowest BCUT2D eigenvalue weighted by molar-refractivity contribution is -0.384. The van der Waals surface area contributed by atoms with Gasteiger partial charge in [-0.25, -0.2) is 4.39 Å². The van der Waals surface area contributed by atoms with Crippen LogP contribution in [-0.4, -0.2) is 43.1 Å². The molecular formula is C13H17FN4O3. The zero-order valence-corrected chi connectivity index (χ0v) is 11.6. The molecule has 0 radical (unpaired) electrons. The molecule has 1 aromatic rings. The number of nitrogens with one attached hydrogen (secondary N) is 2. The van der Waals surface area contributed by atoms with E-state index in [0.29, 0.717) is 26.2 Å². The number of amides is 1. The maximum atomic E-state index is 13.5. The van der Waals surface area contributed by atoms with Crippen molar-refractivity contribution in [1.82, 2.24) is 10.6 Å². The lowest BCUT2D eigenvalue weighted by Crippen LogP contribution is -2.58. The van der Waals surface area contributed by atoms with Gasteiger partial charge in [0, 0.05) is 38.3 Å². The topological polar surface area (TPSA) is 87.5 Å². The van der Waals surface area contributed by atoms with Crippen LogP contribution in [0.3, 0.4) is 0 Å². The molecule has 21 heavy (non-hydrogen) atoms. The van der Waals surface area contributed by atoms with E-state index >= 15 is 0 Å². The molecule has 2 N–H and O–H groups in total. The van der Waals surface area contributed by atoms with Crippen LogP contribution >= 0.6 is 0 Å². The first-order valence-corrected chi connectivity index (χ1v) is 6.73. The molecule has 1 aliphatic rings. The normalized spacial score (nSPS) is 18.4. The Labute approximate surface area is 121 Å². The van der Waals surface area contributed by atoms with Crippen LogP contribution in [0.5, 0.6) is 0 Å². The number of carbonyl (C=O) groups excluding carboxylic acids is 1. The van der Waals surface area contributed by atoms with Crippen molar-refractivity contribution in [3.05, 3.63) is 34.1 Å². The monoisotopic (exact) mass is 296 g/mol. The van der Waals surface area contributed by atoms with Crippen LogP contribution in [0.1, 0.15) is 6.92 Å². The van der Waals surface area contributed by atoms with E-state index in [9.17, 15) is 19.3 Å². The number of halogens is 1. The van der Waals surface area contributed by atoms with Crippen LogP contribution in [0, 0.1) is 15.9 Å². The molecule has 1 heterocycles. The van der Waals surface area contributed by atoms with Gasteiger partial charge in [-0.1, -0.05) is 0 Å². The fraction of sp³-hybridized carbons (Fsp3) is 0.462. The number of rotatable bonds is 4. The number of benzene rings is 1. The van der Waals surface area contributed by atoms with Crippen LogP contribution in [0.25, 0.3) is 0 Å². The minimum atomic E-state index is -0.598. The van der Waals surface area contributed by atoms with Crippen LogP contribution < -0.4 is 15.5 Å². The molecule has 2 rings (SSSR count). The number of nitro groups is 1. The molecule has 8 heteroatoms. The molecule has 1 atom stereocenters. The SMILES string of the molecule is CCNC(=O)C1CNCCN1c1cc(F)ccc1[N+](=O)[O-]. The predicted molar refractivity (Wildman–Crippen MR) is 75.7 cm³/mol. The van der Waals surface area contributed by atoms with Gasteiger partial charge in [-0.15, -0.1) is 0 Å². The maximum Gasteiger partial charge on any atom is 0.292 e. The Morgan fingerprint density at radius 3 is 3.05 bits per heavy atom. The van der Waals surface area contributed by atoms with Gasteiger partial charge in [0.15, 0.2) is 0 Å². The van der Waals surface area contributed by atoms with Gasteiger partial charge in [0.2, 0.25) is 5.91 Å². The van der Waals surface area contributed by atoms with E-state index in [-0.39, 0.29) is 17.3 Å². The molecule has 1 unspecified atom stereocenters. The van der Waals surface area contributed by atoms with E-state index in [1.807, 2.05) is 0 Å². The van der Waals surface area contributed by atoms with E-state index < -0.39 is 16.8 Å². The largest absolute Gasteiger partial charge is 0.355 e. The van der Waals surface area contributed by atoms with Crippen LogP contribution in [-0.2, 0) is 4.79 Å². The average molecular weight is 296 g/mol. The molecule has 1 aliphatic heterocycles. The van der Waals surface area contributed by atoms with Crippen molar-refractivity contribution in [3.63, 3.8) is 0 Å². The molecule has 114 valence electrons. The van der Waals surface area contributed by atoms with Crippen molar-refractivity contribution >= 4 is 17.3 Å². The maximum absolute atomic E-state index is 13.5. The summed E-state index contributed by atoms with van der Waals surface area (Å²) in [6.45, 7) is 3.59. The Morgan fingerprint density at radius 1 is 1.62 bits per heavy atom. The second-order valence-corrected chi connectivity index (χ2v) is 4.70. The van der Waals surface area contributed by atoms with E-state index in [1.165, 1.54) is 0 Å². The molecule has 0 aliphatic carbocycles. The highest BCUT2D eigenvalue weighted by Crippen LogP contribution is 2.30. The van der Waals surface area contributed by atoms with Gasteiger partial charge >= 0.3 is 0 Å². The van der Waals surface area contributed by atoms with Crippen LogP contribution in [0.15, 0.2) is 18.2 Å². The predicted octanol–water partition coefficient (Wildman–Crippen LogP) is 0.648. The minimum absolute atomic E-state index is 0.137. The second-order valence-electron chi connectivity index (χ2n) is 4.70. The lowest BCUT2D eigenvalue weighted by atomic mass is 10.1. The fourth-order valence-corrected chi connectivity index (χ4v) is 2.40. The molecule has 0 spiro atoms.